The number of likely N-dealkylation sites (tertiary alicyclic amines) is 4. The Bertz CT molecular complexity index is 2310. The SMILES string of the molecule is N#CC1C(C2CCC(N3C4CCCCC4C4CCCCC43)CC2)C(N2C3CCCCC3C3NCCCC32)C(C2CCC(N3C4CCCCC4C4CCCCC43)CC2)C(C2NC(C3CCCCC3)NC(C3CCCCC3)N2)C1N1C2CCCCC2C2NCCCC21. The lowest BCUT2D eigenvalue weighted by Crippen LogP contribution is -2.78. The lowest BCUT2D eigenvalue weighted by Gasteiger charge is -2.64. The van der Waals surface area contributed by atoms with Gasteiger partial charge >= 0.3 is 0 Å². The number of rotatable bonds is 9. The van der Waals surface area contributed by atoms with Crippen molar-refractivity contribution >= 4 is 0 Å². The molecule has 0 radical (unpaired) electrons. The molecule has 0 spiro atoms. The van der Waals surface area contributed by atoms with Crippen molar-refractivity contribution in [2.75, 3.05) is 13.1 Å². The van der Waals surface area contributed by atoms with E-state index in [-0.39, 0.29) is 12.1 Å². The minimum Gasteiger partial charge on any atom is -0.312 e. The van der Waals surface area contributed by atoms with Crippen molar-refractivity contribution < 1.29 is 0 Å². The lowest BCUT2D eigenvalue weighted by atomic mass is 9.51. The van der Waals surface area contributed by atoms with Crippen molar-refractivity contribution in [1.29, 1.82) is 5.26 Å². The smallest absolute Gasteiger partial charge is 0.0676 e. The Labute approximate surface area is 549 Å². The molecule has 90 heavy (non-hydrogen) atoms. The van der Waals surface area contributed by atoms with Crippen LogP contribution >= 0.6 is 0 Å². The highest BCUT2D eigenvalue weighted by Gasteiger charge is 2.68. The standard InChI is InChI=1S/C80H132N10/c81-49-62-71(50-39-43-54(44-40-50)87-63-31-13-7-25-56(63)57-26-8-14-32-64(57)87)77(90-68-36-18-12-30-61(68)75-70(90)38-20-48-83-75)72(51-41-45-55(46-42-51)88-65-33-15-9-27-58(65)59-28-10-16-34-66(59)88)73(76(62)89-67-35-17-11-29-60(67)74-69(89)37-19-47-82-74)80-85-78(52-21-3-1-4-22-52)84-79(86-80)53-23-5-2-6-24-53/h50-80,82-86H,1-48H2. The fourth-order valence-electron chi connectivity index (χ4n) is 30.1. The summed E-state index contributed by atoms with van der Waals surface area (Å²) in [4.78, 5) is 13.7. The maximum atomic E-state index is 13.4. The molecule has 0 aromatic heterocycles. The predicted molar refractivity (Wildman–Crippen MR) is 364 cm³/mol. The largest absolute Gasteiger partial charge is 0.312 e. The molecule has 18 aliphatic rings. The van der Waals surface area contributed by atoms with Crippen LogP contribution in [0, 0.1) is 94.2 Å². The van der Waals surface area contributed by atoms with Gasteiger partial charge in [-0.05, 0) is 264 Å². The van der Waals surface area contributed by atoms with E-state index in [2.05, 4.69) is 41.6 Å². The molecule has 11 aliphatic carbocycles. The second kappa shape index (κ2) is 26.8. The Morgan fingerprint density at radius 3 is 1.00 bits per heavy atom. The third-order valence-electron chi connectivity index (χ3n) is 33.1. The number of nitrogens with zero attached hydrogens (tertiary/aromatic N) is 5. The van der Waals surface area contributed by atoms with Crippen LogP contribution < -0.4 is 26.6 Å². The average Bonchev–Trinajstić information content (AvgIpc) is 1.32. The van der Waals surface area contributed by atoms with Crippen molar-refractivity contribution in [3.05, 3.63) is 0 Å². The topological polar surface area (TPSA) is 96.9 Å². The molecule has 0 bridgehead atoms. The highest BCUT2D eigenvalue weighted by molar-refractivity contribution is 5.23. The van der Waals surface area contributed by atoms with Crippen LogP contribution in [0.25, 0.3) is 0 Å². The van der Waals surface area contributed by atoms with Gasteiger partial charge in [-0.1, -0.05) is 116 Å². The molecule has 0 aromatic rings. The maximum absolute atomic E-state index is 13.4. The van der Waals surface area contributed by atoms with Gasteiger partial charge in [-0.15, -0.1) is 0 Å². The molecule has 24 unspecified atom stereocenters. The van der Waals surface area contributed by atoms with E-state index in [9.17, 15) is 5.26 Å². The number of nitriles is 1. The van der Waals surface area contributed by atoms with Crippen molar-refractivity contribution in [1.82, 2.24) is 46.2 Å². The second-order valence-corrected chi connectivity index (χ2v) is 36.5. The minimum absolute atomic E-state index is 0.0584. The average molecular weight is 1230 g/mol. The van der Waals surface area contributed by atoms with Crippen LogP contribution in [0.2, 0.25) is 0 Å². The maximum Gasteiger partial charge on any atom is 0.0676 e. The van der Waals surface area contributed by atoms with E-state index in [1.165, 1.54) is 308 Å². The zero-order valence-electron chi connectivity index (χ0n) is 57.1. The molecule has 7 aliphatic heterocycles. The Morgan fingerprint density at radius 1 is 0.256 bits per heavy atom. The summed E-state index contributed by atoms with van der Waals surface area (Å²) in [5.74, 6) is 9.67. The van der Waals surface area contributed by atoms with Gasteiger partial charge in [0.15, 0.2) is 0 Å². The van der Waals surface area contributed by atoms with Gasteiger partial charge in [0, 0.05) is 90.5 Å². The first kappa shape index (κ1) is 61.5. The van der Waals surface area contributed by atoms with E-state index in [1.54, 1.807) is 0 Å². The molecule has 11 saturated carbocycles. The third kappa shape index (κ3) is 10.8. The Kier molecular flexibility index (Phi) is 18.3. The molecule has 7 heterocycles. The Morgan fingerprint density at radius 2 is 0.589 bits per heavy atom. The van der Waals surface area contributed by atoms with E-state index in [1.807, 2.05) is 0 Å². The number of piperidine rings is 2. The van der Waals surface area contributed by atoms with Crippen LogP contribution in [0.5, 0.6) is 0 Å². The summed E-state index contributed by atoms with van der Waals surface area (Å²) in [6.07, 6.45) is 66.8. The molecule has 24 atom stereocenters. The normalized spacial score (nSPS) is 52.6. The van der Waals surface area contributed by atoms with Crippen molar-refractivity contribution in [2.24, 2.45) is 82.9 Å². The molecule has 18 rings (SSSR count). The Balaban J connectivity index is 0.793. The monoisotopic (exact) mass is 1230 g/mol. The molecule has 502 valence electrons. The van der Waals surface area contributed by atoms with Gasteiger partial charge in [0.25, 0.3) is 0 Å². The summed E-state index contributed by atoms with van der Waals surface area (Å²) in [6.45, 7) is 2.42. The van der Waals surface area contributed by atoms with Crippen LogP contribution in [0.4, 0.5) is 0 Å². The molecule has 5 N–H and O–H groups in total. The summed E-state index contributed by atoms with van der Waals surface area (Å²) in [6, 6.07) is 13.2. The highest BCUT2D eigenvalue weighted by atomic mass is 15.4. The predicted octanol–water partition coefficient (Wildman–Crippen LogP) is 14.6. The summed E-state index contributed by atoms with van der Waals surface area (Å²) in [5, 5.41) is 36.5. The first-order valence-corrected chi connectivity index (χ1v) is 41.9. The molecule has 7 saturated heterocycles. The van der Waals surface area contributed by atoms with Crippen molar-refractivity contribution in [2.45, 2.75) is 398 Å². The lowest BCUT2D eigenvalue weighted by molar-refractivity contribution is -0.150. The highest BCUT2D eigenvalue weighted by Crippen LogP contribution is 2.62. The van der Waals surface area contributed by atoms with Gasteiger partial charge < -0.3 is 10.6 Å². The molecular formula is C80H132N10. The molecule has 0 aromatic carbocycles. The summed E-state index contributed by atoms with van der Waals surface area (Å²) >= 11 is 0. The number of fused-ring (bicyclic) bond motifs is 12. The zero-order chi connectivity index (χ0) is 59.4. The van der Waals surface area contributed by atoms with Gasteiger partial charge in [0.05, 0.1) is 30.5 Å². The number of hydrogen-bond donors (Lipinski definition) is 5. The van der Waals surface area contributed by atoms with Gasteiger partial charge in [-0.2, -0.15) is 5.26 Å². The van der Waals surface area contributed by atoms with Crippen LogP contribution in [-0.4, -0.2) is 136 Å². The third-order valence-corrected chi connectivity index (χ3v) is 33.1. The first-order chi connectivity index (χ1) is 44.7. The molecule has 10 heteroatoms. The van der Waals surface area contributed by atoms with E-state index < -0.39 is 0 Å². The minimum atomic E-state index is 0.0584. The number of nitrogens with one attached hydrogen (secondary N) is 5. The summed E-state index contributed by atoms with van der Waals surface area (Å²) < 4.78 is 0. The van der Waals surface area contributed by atoms with Crippen LogP contribution in [0.1, 0.15) is 295 Å². The van der Waals surface area contributed by atoms with Gasteiger partial charge in [0.1, 0.15) is 0 Å². The van der Waals surface area contributed by atoms with E-state index in [0.717, 1.165) is 71.8 Å². The first-order valence-electron chi connectivity index (χ1n) is 41.9. The second-order valence-electron chi connectivity index (χ2n) is 36.5. The van der Waals surface area contributed by atoms with Crippen LogP contribution in [0.15, 0.2) is 0 Å². The molecular weight excluding hydrogens is 1100 g/mol. The van der Waals surface area contributed by atoms with Crippen LogP contribution in [-0.2, 0) is 0 Å². The molecule has 0 amide bonds. The van der Waals surface area contributed by atoms with E-state index in [0.29, 0.717) is 102 Å². The van der Waals surface area contributed by atoms with E-state index in [4.69, 9.17) is 10.6 Å². The summed E-state index contributed by atoms with van der Waals surface area (Å²) in [7, 11) is 0. The molecule has 10 nitrogen and oxygen atoms in total. The quantitative estimate of drug-likeness (QED) is 0.154. The number of hydrogen-bond acceptors (Lipinski definition) is 10. The van der Waals surface area contributed by atoms with Gasteiger partial charge in [-0.3, -0.25) is 35.6 Å². The van der Waals surface area contributed by atoms with E-state index >= 15 is 0 Å². The molecule has 18 fully saturated rings. The Hall–Kier alpha value is -0.870. The van der Waals surface area contributed by atoms with Crippen LogP contribution in [0.3, 0.4) is 0 Å². The zero-order valence-corrected chi connectivity index (χ0v) is 57.1. The fraction of sp³-hybridized carbons (Fsp3) is 0.988. The van der Waals surface area contributed by atoms with Crippen molar-refractivity contribution in [3.8, 4) is 6.07 Å². The summed E-state index contributed by atoms with van der Waals surface area (Å²) in [5.41, 5.74) is 0. The van der Waals surface area contributed by atoms with Gasteiger partial charge in [0.2, 0.25) is 0 Å². The van der Waals surface area contributed by atoms with Gasteiger partial charge in [-0.25, -0.2) is 0 Å². The fourth-order valence-corrected chi connectivity index (χ4v) is 30.1. The van der Waals surface area contributed by atoms with Crippen molar-refractivity contribution in [3.63, 3.8) is 0 Å².